The van der Waals surface area contributed by atoms with E-state index in [0.29, 0.717) is 95.2 Å². The lowest BCUT2D eigenvalue weighted by molar-refractivity contribution is -0.140. The number of allylic oxidation sites excluding steroid dienone is 4. The first-order valence-electron chi connectivity index (χ1n) is 34.7. The molecule has 602 valence electrons. The summed E-state index contributed by atoms with van der Waals surface area (Å²) in [6.45, 7) is 19.9. The third-order valence-electron chi connectivity index (χ3n) is 14.5. The number of carbonyl (C=O) groups is 10. The molecule has 0 saturated heterocycles. The number of nitrogens with one attached hydrogen (secondary N) is 6. The summed E-state index contributed by atoms with van der Waals surface area (Å²) in [6, 6.07) is 16.8. The highest BCUT2D eigenvalue weighted by Crippen LogP contribution is 2.31. The maximum absolute atomic E-state index is 12.1. The summed E-state index contributed by atoms with van der Waals surface area (Å²) >= 11 is 16.7. The van der Waals surface area contributed by atoms with E-state index in [1.807, 2.05) is 18.2 Å². The van der Waals surface area contributed by atoms with Crippen molar-refractivity contribution in [2.24, 2.45) is 5.73 Å². The first-order chi connectivity index (χ1) is 50.8. The predicted molar refractivity (Wildman–Crippen MR) is 429 cm³/mol. The highest BCUT2D eigenvalue weighted by molar-refractivity contribution is 14.1. The Morgan fingerprint density at radius 2 is 0.617 bits per heavy atom. The molecule has 0 aliphatic heterocycles. The molecule has 2 aliphatic carbocycles. The van der Waals surface area contributed by atoms with E-state index in [2.05, 4.69) is 125 Å². The summed E-state index contributed by atoms with van der Waals surface area (Å²) in [6.07, 6.45) is 16.7. The number of unbranched alkanes of at least 4 members (excludes halogenated alkanes) is 7. The van der Waals surface area contributed by atoms with Gasteiger partial charge in [0.25, 0.3) is 0 Å². The van der Waals surface area contributed by atoms with Gasteiger partial charge in [-0.05, 0) is 110 Å². The number of halogens is 5. The smallest absolute Gasteiger partial charge is 0.341 e. The lowest BCUT2D eigenvalue weighted by Crippen LogP contribution is -2.30. The number of anilines is 4. The maximum atomic E-state index is 12.1. The highest BCUT2D eigenvalue weighted by Gasteiger charge is 2.31. The van der Waals surface area contributed by atoms with Crippen LogP contribution in [0, 0.1) is 13.5 Å². The molecule has 0 radical (unpaired) electrons. The van der Waals surface area contributed by atoms with Crippen molar-refractivity contribution >= 4 is 139 Å². The van der Waals surface area contributed by atoms with Crippen LogP contribution in [0.1, 0.15) is 193 Å². The van der Waals surface area contributed by atoms with Gasteiger partial charge >= 0.3 is 47.8 Å². The van der Waals surface area contributed by atoms with Crippen LogP contribution in [0.15, 0.2) is 100 Å². The van der Waals surface area contributed by atoms with Crippen molar-refractivity contribution in [2.75, 3.05) is 124 Å². The van der Waals surface area contributed by atoms with Crippen LogP contribution in [0.3, 0.4) is 0 Å². The van der Waals surface area contributed by atoms with Gasteiger partial charge in [0, 0.05) is 112 Å². The van der Waals surface area contributed by atoms with Crippen molar-refractivity contribution in [1.29, 1.82) is 0 Å². The van der Waals surface area contributed by atoms with Gasteiger partial charge in [-0.2, -0.15) is 0 Å². The molecule has 0 unspecified atom stereocenters. The molecule has 0 heterocycles. The summed E-state index contributed by atoms with van der Waals surface area (Å²) in [5, 5.41) is 19.4. The number of nitrogens with two attached hydrogens (primary N) is 1. The fraction of sp³-hybridized carbons (Fsp3) is 0.520. The Morgan fingerprint density at radius 1 is 0.393 bits per heavy atom. The number of hydrogen-bond donors (Lipinski definition) is 7. The van der Waals surface area contributed by atoms with E-state index in [9.17, 15) is 47.9 Å². The summed E-state index contributed by atoms with van der Waals surface area (Å²) in [5.41, 5.74) is 11.0. The molecule has 107 heavy (non-hydrogen) atoms. The second-order valence-electron chi connectivity index (χ2n) is 22.3. The fourth-order valence-corrected chi connectivity index (χ4v) is 9.22. The molecule has 27 nitrogen and oxygen atoms in total. The van der Waals surface area contributed by atoms with E-state index >= 15 is 0 Å². The zero-order valence-corrected chi connectivity index (χ0v) is 68.8. The Labute approximate surface area is 658 Å². The molecule has 5 rings (SSSR count). The average Bonchev–Trinajstić information content (AvgIpc) is 0.819. The molecular formula is C75H112Cl3FIN7O20. The Balaban J connectivity index is -0.000000613. The number of benzene rings is 3. The minimum absolute atomic E-state index is 0. The van der Waals surface area contributed by atoms with Crippen LogP contribution in [0.5, 0.6) is 0 Å². The molecule has 3 aromatic carbocycles. The minimum Gasteiger partial charge on any atom is -0.466 e. The summed E-state index contributed by atoms with van der Waals surface area (Å²) < 4.78 is 38.5. The van der Waals surface area contributed by atoms with Crippen molar-refractivity contribution in [2.45, 2.75) is 155 Å². The van der Waals surface area contributed by atoms with E-state index in [4.69, 9.17) is 78.9 Å². The van der Waals surface area contributed by atoms with Gasteiger partial charge < -0.3 is 75.5 Å². The number of rotatable bonds is 34. The van der Waals surface area contributed by atoms with Gasteiger partial charge in [0.1, 0.15) is 11.1 Å². The van der Waals surface area contributed by atoms with Gasteiger partial charge in [0.15, 0.2) is 15.9 Å². The van der Waals surface area contributed by atoms with E-state index in [1.165, 1.54) is 59.1 Å². The molecule has 0 atom stereocenters. The van der Waals surface area contributed by atoms with Crippen molar-refractivity contribution in [3.63, 3.8) is 0 Å². The van der Waals surface area contributed by atoms with Gasteiger partial charge in [-0.15, -0.1) is 0 Å². The van der Waals surface area contributed by atoms with E-state index in [1.54, 1.807) is 24.3 Å². The average molecular weight is 1680 g/mol. The molecule has 3 aromatic rings. The lowest BCUT2D eigenvalue weighted by Gasteiger charge is -2.25. The fourth-order valence-electron chi connectivity index (χ4n) is 8.80. The number of esters is 8. The van der Waals surface area contributed by atoms with Crippen LogP contribution in [0.4, 0.5) is 27.5 Å². The predicted octanol–water partition coefficient (Wildman–Crippen LogP) is 14.4. The molecular weight excluding hydrogens is 1570 g/mol. The van der Waals surface area contributed by atoms with E-state index < -0.39 is 62.8 Å². The van der Waals surface area contributed by atoms with E-state index in [-0.39, 0.29) is 16.6 Å². The standard InChI is InChI=1S/C18H30N2O4.2C18H28N2O4.C10H8O6.C6H5I.C4H11N.CHCl3.FH.O2/c3*1-5-7-9-19-15-11-14(18(22)24-4)16(20-10-8-6-2)12-13(15)17(21)23-3;1-15-9(13)5-3-8(12)6(4-7(5)11)10(14)16-2;7-6-4-2-1-3-5-6;1-2-3-4-5;2-1(3)4;;1-2/h19-20H,5-12H2,1-4H3;2*11-12,19-20H,5-10H2,1-4H3;3-4H,1-2H3;1-5H;2-5H2,1H3;1H;1H;. The van der Waals surface area contributed by atoms with Crippen molar-refractivity contribution in [1.82, 2.24) is 10.6 Å². The van der Waals surface area contributed by atoms with Crippen molar-refractivity contribution < 1.29 is 90.5 Å². The minimum atomic E-state index is -0.918. The topological polar surface area (TPSA) is 377 Å². The van der Waals surface area contributed by atoms with Gasteiger partial charge in [0.05, 0.1) is 90.3 Å². The Kier molecular flexibility index (Phi) is 64.6. The van der Waals surface area contributed by atoms with Gasteiger partial charge in [-0.1, -0.05) is 146 Å². The molecule has 0 spiro atoms. The van der Waals surface area contributed by atoms with Crippen molar-refractivity contribution in [3.8, 4) is 0 Å². The quantitative estimate of drug-likeness (QED) is 0.00555. The first-order valence-corrected chi connectivity index (χ1v) is 37.1. The number of carbonyl (C=O) groups excluding carboxylic acids is 10. The molecule has 0 amide bonds. The normalized spacial score (nSPS) is 11.4. The number of ether oxygens (including phenoxy) is 8. The molecule has 32 heteroatoms. The highest BCUT2D eigenvalue weighted by atomic mass is 127. The summed E-state index contributed by atoms with van der Waals surface area (Å²) in [7, 11) is 10.3. The van der Waals surface area contributed by atoms with Gasteiger partial charge in [-0.3, -0.25) is 14.3 Å². The Morgan fingerprint density at radius 3 is 0.794 bits per heavy atom. The Hall–Kier alpha value is -8.39. The van der Waals surface area contributed by atoms with Crippen LogP contribution in [-0.4, -0.2) is 166 Å². The number of hydrogen-bond acceptors (Lipinski definition) is 27. The van der Waals surface area contributed by atoms with E-state index in [0.717, 1.165) is 134 Å². The molecule has 0 bridgehead atoms. The second-order valence-corrected chi connectivity index (χ2v) is 25.5. The Bertz CT molecular complexity index is 3010. The molecule has 0 saturated carbocycles. The summed E-state index contributed by atoms with van der Waals surface area (Å²) in [5.74, 6) is -5.82. The zero-order valence-electron chi connectivity index (χ0n) is 64.4. The zero-order chi connectivity index (χ0) is 81.0. The van der Waals surface area contributed by atoms with Crippen LogP contribution in [0.25, 0.3) is 0 Å². The first kappa shape index (κ1) is 105. The van der Waals surface area contributed by atoms with Crippen LogP contribution in [0.2, 0.25) is 0 Å². The third-order valence-corrected chi connectivity index (χ3v) is 15.3. The number of methoxy groups -OCH3 is 8. The summed E-state index contributed by atoms with van der Waals surface area (Å²) in [4.78, 5) is 132. The number of alkyl halides is 3. The number of ketones is 2. The van der Waals surface area contributed by atoms with Crippen LogP contribution in [-0.2, 0) is 66.7 Å². The SMILES string of the molecule is CCCCN.CCCCNC1=C(C(=O)OC)CC(NCCCC)=C(C(=O)OC)C1.CCCCNc1cc(C(=O)OC)c(NCCCC)cc1C(=O)OC.CCCCNc1cc(C(=O)OC)c(NCCCC)cc1C(=O)OC.COC(=O)C1=CC(=O)C(C(=O)OC)=CC1=O.ClC(Cl)Cl.F.Ic1ccccc1.O=O. The lowest BCUT2D eigenvalue weighted by atomic mass is 9.92. The van der Waals surface area contributed by atoms with Crippen LogP contribution < -0.4 is 37.6 Å². The molecule has 0 aromatic heterocycles. The van der Waals surface area contributed by atoms with Crippen LogP contribution >= 0.6 is 57.4 Å². The largest absolute Gasteiger partial charge is 0.466 e. The monoisotopic (exact) mass is 1680 g/mol. The molecule has 0 fully saturated rings. The third kappa shape index (κ3) is 43.3. The second kappa shape index (κ2) is 65.9. The molecule has 2 aliphatic rings. The van der Waals surface area contributed by atoms with Crippen molar-refractivity contribution in [3.05, 3.63) is 136 Å². The van der Waals surface area contributed by atoms with Gasteiger partial charge in [-0.25, -0.2) is 38.4 Å². The maximum Gasteiger partial charge on any atom is 0.341 e. The van der Waals surface area contributed by atoms with Gasteiger partial charge in [0.2, 0.25) is 0 Å². The molecule has 8 N–H and O–H groups in total.